The van der Waals surface area contributed by atoms with E-state index in [4.69, 9.17) is 5.41 Å². The third-order valence-corrected chi connectivity index (χ3v) is 1.58. The summed E-state index contributed by atoms with van der Waals surface area (Å²) in [5.74, 6) is -0.890. The summed E-state index contributed by atoms with van der Waals surface area (Å²) < 4.78 is 12.4. The van der Waals surface area contributed by atoms with Crippen LogP contribution in [0.1, 0.15) is 11.5 Å². The van der Waals surface area contributed by atoms with Crippen molar-refractivity contribution in [3.63, 3.8) is 0 Å². The van der Waals surface area contributed by atoms with Crippen LogP contribution in [0.15, 0.2) is 24.3 Å². The minimum Gasteiger partial charge on any atom is -0.312 e. The molecule has 1 N–H and O–H groups in total. The van der Waals surface area contributed by atoms with Gasteiger partial charge in [-0.05, 0) is 17.7 Å². The first-order valence-electron chi connectivity index (χ1n) is 3.49. The molecule has 0 spiro atoms. The molecule has 0 bridgehead atoms. The van der Waals surface area contributed by atoms with Crippen LogP contribution in [0.5, 0.6) is 0 Å². The predicted molar refractivity (Wildman–Crippen MR) is 44.0 cm³/mol. The van der Waals surface area contributed by atoms with Crippen LogP contribution in [0, 0.1) is 11.2 Å². The first kappa shape index (κ1) is 8.59. The van der Waals surface area contributed by atoms with Gasteiger partial charge in [-0.2, -0.15) is 0 Å². The summed E-state index contributed by atoms with van der Waals surface area (Å²) in [5.41, 5.74) is 0.640. The van der Waals surface area contributed by atoms with Crippen LogP contribution in [-0.4, -0.2) is 12.5 Å². The Hall–Kier alpha value is -1.51. The highest BCUT2D eigenvalue weighted by atomic mass is 19.1. The molecule has 0 aliphatic rings. The summed E-state index contributed by atoms with van der Waals surface area (Å²) in [6.45, 7) is 0. The Morgan fingerprint density at radius 3 is 2.33 bits per heavy atom. The molecule has 1 atom stereocenters. The summed E-state index contributed by atoms with van der Waals surface area (Å²) in [6, 6.07) is 5.55. The van der Waals surface area contributed by atoms with Crippen molar-refractivity contribution in [2.75, 3.05) is 0 Å². The van der Waals surface area contributed by atoms with Gasteiger partial charge in [0.1, 0.15) is 12.1 Å². The lowest BCUT2D eigenvalue weighted by Crippen LogP contribution is -2.00. The van der Waals surface area contributed by atoms with Crippen molar-refractivity contribution < 1.29 is 9.18 Å². The zero-order valence-corrected chi connectivity index (χ0v) is 6.33. The Kier molecular flexibility index (Phi) is 2.69. The maximum atomic E-state index is 12.4. The van der Waals surface area contributed by atoms with Gasteiger partial charge in [-0.15, -0.1) is 0 Å². The maximum absolute atomic E-state index is 12.4. The molecule has 0 aliphatic carbocycles. The van der Waals surface area contributed by atoms with Crippen molar-refractivity contribution in [1.82, 2.24) is 0 Å². The van der Waals surface area contributed by atoms with Gasteiger partial charge in [-0.25, -0.2) is 4.39 Å². The van der Waals surface area contributed by atoms with Gasteiger partial charge in [0.05, 0.1) is 5.92 Å². The van der Waals surface area contributed by atoms with Crippen molar-refractivity contribution in [2.24, 2.45) is 0 Å². The van der Waals surface area contributed by atoms with Crippen molar-refractivity contribution in [3.8, 4) is 0 Å². The molecule has 2 nitrogen and oxygen atoms in total. The average Bonchev–Trinajstić information content (AvgIpc) is 2.10. The molecule has 0 aromatic heterocycles. The molecular formula is C9H8FNO. The number of carbonyl (C=O) groups excluding carboxylic acids is 1. The lowest BCUT2D eigenvalue weighted by atomic mass is 10.0. The van der Waals surface area contributed by atoms with Crippen LogP contribution in [0.25, 0.3) is 0 Å². The van der Waals surface area contributed by atoms with Crippen LogP contribution in [0.3, 0.4) is 0 Å². The number of benzene rings is 1. The van der Waals surface area contributed by atoms with Crippen molar-refractivity contribution >= 4 is 12.5 Å². The van der Waals surface area contributed by atoms with Gasteiger partial charge in [0.25, 0.3) is 0 Å². The SMILES string of the molecule is N=CC(C=O)c1ccc(F)cc1. The predicted octanol–water partition coefficient (Wildman–Crippen LogP) is 1.76. The lowest BCUT2D eigenvalue weighted by molar-refractivity contribution is -0.107. The Balaban J connectivity index is 2.94. The normalized spacial score (nSPS) is 12.1. The minimum absolute atomic E-state index is 0.339. The second-order valence-corrected chi connectivity index (χ2v) is 2.38. The van der Waals surface area contributed by atoms with Gasteiger partial charge < -0.3 is 10.2 Å². The lowest BCUT2D eigenvalue weighted by Gasteiger charge is -2.02. The number of hydrogen-bond donors (Lipinski definition) is 1. The summed E-state index contributed by atoms with van der Waals surface area (Å²) >= 11 is 0. The van der Waals surface area contributed by atoms with Gasteiger partial charge in [-0.1, -0.05) is 12.1 Å². The van der Waals surface area contributed by atoms with Crippen LogP contribution >= 0.6 is 0 Å². The van der Waals surface area contributed by atoms with E-state index in [1.807, 2.05) is 0 Å². The van der Waals surface area contributed by atoms with E-state index in [-0.39, 0.29) is 5.82 Å². The van der Waals surface area contributed by atoms with E-state index in [1.165, 1.54) is 24.3 Å². The second-order valence-electron chi connectivity index (χ2n) is 2.38. The monoisotopic (exact) mass is 165 g/mol. The first-order valence-corrected chi connectivity index (χ1v) is 3.49. The van der Waals surface area contributed by atoms with E-state index in [9.17, 15) is 9.18 Å². The van der Waals surface area contributed by atoms with Crippen LogP contribution in [-0.2, 0) is 4.79 Å². The smallest absolute Gasteiger partial charge is 0.132 e. The molecule has 0 amide bonds. The Morgan fingerprint density at radius 2 is 1.92 bits per heavy atom. The quantitative estimate of drug-likeness (QED) is 0.538. The molecule has 12 heavy (non-hydrogen) atoms. The molecule has 1 aromatic rings. The number of halogens is 1. The molecule has 0 saturated carbocycles. The van der Waals surface area contributed by atoms with Gasteiger partial charge in [0.2, 0.25) is 0 Å². The number of aldehydes is 1. The summed E-state index contributed by atoms with van der Waals surface area (Å²) in [7, 11) is 0. The largest absolute Gasteiger partial charge is 0.312 e. The van der Waals surface area contributed by atoms with E-state index < -0.39 is 5.92 Å². The Labute approximate surface area is 69.5 Å². The number of rotatable bonds is 3. The van der Waals surface area contributed by atoms with Crippen LogP contribution in [0.2, 0.25) is 0 Å². The topological polar surface area (TPSA) is 40.9 Å². The highest BCUT2D eigenvalue weighted by molar-refractivity contribution is 5.86. The number of nitrogens with one attached hydrogen (secondary N) is 1. The van der Waals surface area contributed by atoms with Crippen molar-refractivity contribution in [2.45, 2.75) is 5.92 Å². The Bertz CT molecular complexity index is 273. The van der Waals surface area contributed by atoms with Gasteiger partial charge in [0, 0.05) is 6.21 Å². The molecule has 62 valence electrons. The van der Waals surface area contributed by atoms with Gasteiger partial charge >= 0.3 is 0 Å². The summed E-state index contributed by atoms with van der Waals surface area (Å²) in [6.07, 6.45) is 1.68. The van der Waals surface area contributed by atoms with E-state index >= 15 is 0 Å². The molecule has 0 aliphatic heterocycles. The standard InChI is InChI=1S/C9H8FNO/c10-9-3-1-7(2-4-9)8(5-11)6-12/h1-6,8,11H. The number of carbonyl (C=O) groups is 1. The van der Waals surface area contributed by atoms with Gasteiger partial charge in [0.15, 0.2) is 0 Å². The third kappa shape index (κ3) is 1.75. The highest BCUT2D eigenvalue weighted by Gasteiger charge is 2.05. The van der Waals surface area contributed by atoms with E-state index in [0.29, 0.717) is 11.8 Å². The summed E-state index contributed by atoms with van der Waals surface area (Å²) in [4.78, 5) is 10.4. The first-order chi connectivity index (χ1) is 5.77. The molecule has 0 radical (unpaired) electrons. The highest BCUT2D eigenvalue weighted by Crippen LogP contribution is 2.11. The third-order valence-electron chi connectivity index (χ3n) is 1.58. The molecule has 0 saturated heterocycles. The zero-order valence-electron chi connectivity index (χ0n) is 6.33. The molecular weight excluding hydrogens is 157 g/mol. The number of hydrogen-bond acceptors (Lipinski definition) is 2. The summed E-state index contributed by atoms with van der Waals surface area (Å²) in [5, 5.41) is 6.90. The van der Waals surface area contributed by atoms with Crippen molar-refractivity contribution in [1.29, 1.82) is 5.41 Å². The van der Waals surface area contributed by atoms with E-state index in [2.05, 4.69) is 0 Å². The molecule has 0 heterocycles. The molecule has 1 aromatic carbocycles. The Morgan fingerprint density at radius 1 is 1.33 bits per heavy atom. The second kappa shape index (κ2) is 3.76. The fourth-order valence-corrected chi connectivity index (χ4v) is 0.899. The fraction of sp³-hybridized carbons (Fsp3) is 0.111. The minimum atomic E-state index is -0.550. The maximum Gasteiger partial charge on any atom is 0.132 e. The molecule has 0 fully saturated rings. The molecule has 1 rings (SSSR count). The van der Waals surface area contributed by atoms with E-state index in [0.717, 1.165) is 6.21 Å². The zero-order chi connectivity index (χ0) is 8.97. The van der Waals surface area contributed by atoms with Crippen LogP contribution in [0.4, 0.5) is 4.39 Å². The van der Waals surface area contributed by atoms with Gasteiger partial charge in [-0.3, -0.25) is 0 Å². The van der Waals surface area contributed by atoms with E-state index in [1.54, 1.807) is 0 Å². The molecule has 1 unspecified atom stereocenters. The van der Waals surface area contributed by atoms with Crippen LogP contribution < -0.4 is 0 Å². The van der Waals surface area contributed by atoms with Crippen molar-refractivity contribution in [3.05, 3.63) is 35.6 Å². The fourth-order valence-electron chi connectivity index (χ4n) is 0.899. The molecule has 3 heteroatoms. The average molecular weight is 165 g/mol.